The maximum absolute atomic E-state index is 12.8. The molecule has 4 atom stereocenters. The number of benzene rings is 2. The summed E-state index contributed by atoms with van der Waals surface area (Å²) in [7, 11) is 4.57. The Bertz CT molecular complexity index is 1430. The highest BCUT2D eigenvalue weighted by molar-refractivity contribution is 5.71. The number of piperidine rings is 2. The van der Waals surface area contributed by atoms with Gasteiger partial charge in [-0.25, -0.2) is 0 Å². The van der Waals surface area contributed by atoms with Crippen molar-refractivity contribution in [1.82, 2.24) is 0 Å². The van der Waals surface area contributed by atoms with Crippen LogP contribution >= 0.6 is 0 Å². The SMILES string of the molecule is CC(=O)Oc1ccccc1C[N+]1(C)C2CCC1CC(OC(=O)CCCCC(=O)OC1CC3CCC(C1)[N+]3(C)Cc1ccccc1OC(C)=O)C2. The molecule has 4 fully saturated rings. The molecule has 4 aliphatic rings. The van der Waals surface area contributed by atoms with Gasteiger partial charge in [-0.2, -0.15) is 0 Å². The Hall–Kier alpha value is -3.76. The van der Waals surface area contributed by atoms with Crippen LogP contribution in [0.15, 0.2) is 48.5 Å². The van der Waals surface area contributed by atoms with E-state index in [2.05, 4.69) is 14.1 Å². The molecule has 0 aromatic heterocycles. The van der Waals surface area contributed by atoms with E-state index < -0.39 is 0 Å². The van der Waals surface area contributed by atoms with Crippen LogP contribution in [-0.4, -0.2) is 83.3 Å². The minimum absolute atomic E-state index is 0.0826. The van der Waals surface area contributed by atoms with Crippen LogP contribution in [0.2, 0.25) is 0 Å². The molecular formula is C40H54N2O8+2. The molecule has 0 spiro atoms. The number of carbonyl (C=O) groups excluding carboxylic acids is 4. The van der Waals surface area contributed by atoms with Gasteiger partial charge in [0, 0.05) is 89.2 Å². The zero-order valence-electron chi connectivity index (χ0n) is 30.1. The van der Waals surface area contributed by atoms with Gasteiger partial charge in [-0.3, -0.25) is 19.2 Å². The monoisotopic (exact) mass is 690 g/mol. The van der Waals surface area contributed by atoms with E-state index in [1.807, 2.05) is 48.5 Å². The van der Waals surface area contributed by atoms with Gasteiger partial charge in [0.2, 0.25) is 0 Å². The van der Waals surface area contributed by atoms with E-state index in [0.29, 0.717) is 61.3 Å². The first-order valence-corrected chi connectivity index (χ1v) is 18.5. The first-order chi connectivity index (χ1) is 23.9. The summed E-state index contributed by atoms with van der Waals surface area (Å²) in [4.78, 5) is 49.0. The third-order valence-electron chi connectivity index (χ3n) is 12.2. The molecule has 4 saturated heterocycles. The van der Waals surface area contributed by atoms with Gasteiger partial charge in [0.1, 0.15) is 36.8 Å². The minimum atomic E-state index is -0.317. The number of hydrogen-bond acceptors (Lipinski definition) is 8. The lowest BCUT2D eigenvalue weighted by atomic mass is 9.95. The summed E-state index contributed by atoms with van der Waals surface area (Å²) < 4.78 is 24.7. The van der Waals surface area contributed by atoms with Gasteiger partial charge in [0.25, 0.3) is 0 Å². The van der Waals surface area contributed by atoms with E-state index >= 15 is 0 Å². The fourth-order valence-corrected chi connectivity index (χ4v) is 9.64. The van der Waals surface area contributed by atoms with Crippen molar-refractivity contribution in [3.8, 4) is 11.5 Å². The first kappa shape index (κ1) is 36.0. The standard InChI is InChI=1S/C40H54N2O8/c1-27(43)47-37-13-7-5-11-29(37)25-41(3)31-17-18-32(41)22-35(21-31)49-39(45)15-9-10-16-40(46)50-36-23-33-19-20-34(24-36)42(33,4)26-30-12-6-8-14-38(30)48-28(2)44/h5-8,11-14,31-36H,9-10,15-26H2,1-4H3/q+2. The summed E-state index contributed by atoms with van der Waals surface area (Å²) >= 11 is 0. The molecule has 0 saturated carbocycles. The van der Waals surface area contributed by atoms with Crippen LogP contribution in [-0.2, 0) is 41.7 Å². The van der Waals surface area contributed by atoms with Crippen molar-refractivity contribution in [3.05, 3.63) is 59.7 Å². The summed E-state index contributed by atoms with van der Waals surface area (Å²) in [5.41, 5.74) is 2.06. The van der Waals surface area contributed by atoms with Gasteiger partial charge < -0.3 is 27.9 Å². The lowest BCUT2D eigenvalue weighted by Crippen LogP contribution is -2.58. The van der Waals surface area contributed by atoms with E-state index in [-0.39, 0.29) is 36.1 Å². The van der Waals surface area contributed by atoms with Crippen LogP contribution in [0.25, 0.3) is 0 Å². The Morgan fingerprint density at radius 3 is 1.26 bits per heavy atom. The van der Waals surface area contributed by atoms with Crippen LogP contribution in [0.5, 0.6) is 11.5 Å². The summed E-state index contributed by atoms with van der Waals surface area (Å²) in [6.07, 6.45) is 9.36. The summed E-state index contributed by atoms with van der Waals surface area (Å²) in [6, 6.07) is 17.1. The van der Waals surface area contributed by atoms with Crippen LogP contribution in [0, 0.1) is 0 Å². The van der Waals surface area contributed by atoms with E-state index in [1.54, 1.807) is 0 Å². The number of para-hydroxylation sites is 2. The number of ether oxygens (including phenoxy) is 4. The third kappa shape index (κ3) is 8.07. The molecule has 2 aromatic rings. The third-order valence-corrected chi connectivity index (χ3v) is 12.2. The van der Waals surface area contributed by atoms with Crippen molar-refractivity contribution in [2.45, 2.75) is 140 Å². The van der Waals surface area contributed by atoms with Crippen molar-refractivity contribution in [2.75, 3.05) is 14.1 Å². The Morgan fingerprint density at radius 1 is 0.580 bits per heavy atom. The number of unbranched alkanes of at least 4 members (excludes halogenated alkanes) is 1. The molecule has 10 heteroatoms. The molecule has 4 heterocycles. The topological polar surface area (TPSA) is 105 Å². The fraction of sp³-hybridized carbons (Fsp3) is 0.600. The number of carbonyl (C=O) groups is 4. The minimum Gasteiger partial charge on any atom is -0.462 e. The number of esters is 4. The first-order valence-electron chi connectivity index (χ1n) is 18.5. The number of quaternary nitrogens is 2. The molecule has 0 radical (unpaired) electrons. The molecule has 2 aromatic carbocycles. The molecular weight excluding hydrogens is 636 g/mol. The summed E-state index contributed by atoms with van der Waals surface area (Å²) in [5, 5.41) is 0. The Labute approximate surface area is 296 Å². The predicted molar refractivity (Wildman–Crippen MR) is 186 cm³/mol. The van der Waals surface area contributed by atoms with E-state index in [1.165, 1.54) is 13.8 Å². The Morgan fingerprint density at radius 2 is 0.920 bits per heavy atom. The zero-order valence-corrected chi connectivity index (χ0v) is 30.1. The molecule has 6 rings (SSSR count). The van der Waals surface area contributed by atoms with Gasteiger partial charge in [-0.15, -0.1) is 0 Å². The molecule has 4 unspecified atom stereocenters. The highest BCUT2D eigenvalue weighted by Crippen LogP contribution is 2.46. The molecule has 0 N–H and O–H groups in total. The summed E-state index contributed by atoms with van der Waals surface area (Å²) in [6.45, 7) is 4.41. The normalized spacial score (nSPS) is 31.1. The van der Waals surface area contributed by atoms with Crippen LogP contribution in [0.3, 0.4) is 0 Å². The molecule has 4 bridgehead atoms. The second-order valence-corrected chi connectivity index (χ2v) is 15.6. The maximum atomic E-state index is 12.8. The van der Waals surface area contributed by atoms with E-state index in [0.717, 1.165) is 84.5 Å². The van der Waals surface area contributed by atoms with Crippen LogP contribution in [0.4, 0.5) is 0 Å². The van der Waals surface area contributed by atoms with Crippen molar-refractivity contribution < 1.29 is 47.1 Å². The van der Waals surface area contributed by atoms with E-state index in [9.17, 15) is 19.2 Å². The van der Waals surface area contributed by atoms with Crippen molar-refractivity contribution in [3.63, 3.8) is 0 Å². The maximum Gasteiger partial charge on any atom is 0.308 e. The molecule has 4 aliphatic heterocycles. The molecule has 270 valence electrons. The van der Waals surface area contributed by atoms with Crippen LogP contribution < -0.4 is 9.47 Å². The van der Waals surface area contributed by atoms with Gasteiger partial charge >= 0.3 is 23.9 Å². The molecule has 0 amide bonds. The lowest BCUT2D eigenvalue weighted by Gasteiger charge is -2.47. The van der Waals surface area contributed by atoms with Crippen molar-refractivity contribution in [2.24, 2.45) is 0 Å². The second kappa shape index (κ2) is 15.2. The number of nitrogens with zero attached hydrogens (tertiary/aromatic N) is 2. The van der Waals surface area contributed by atoms with Gasteiger partial charge in [0.05, 0.1) is 38.3 Å². The molecule has 10 nitrogen and oxygen atoms in total. The number of hydrogen-bond donors (Lipinski definition) is 0. The largest absolute Gasteiger partial charge is 0.462 e. The second-order valence-electron chi connectivity index (χ2n) is 15.6. The van der Waals surface area contributed by atoms with Crippen molar-refractivity contribution >= 4 is 23.9 Å². The highest BCUT2D eigenvalue weighted by Gasteiger charge is 2.54. The fourth-order valence-electron chi connectivity index (χ4n) is 9.64. The smallest absolute Gasteiger partial charge is 0.308 e. The zero-order chi connectivity index (χ0) is 35.5. The van der Waals surface area contributed by atoms with Crippen LogP contribution in [0.1, 0.15) is 102 Å². The van der Waals surface area contributed by atoms with Crippen molar-refractivity contribution in [1.29, 1.82) is 0 Å². The Kier molecular flexibility index (Phi) is 11.0. The van der Waals surface area contributed by atoms with Gasteiger partial charge in [-0.1, -0.05) is 24.3 Å². The quantitative estimate of drug-likeness (QED) is 0.107. The lowest BCUT2D eigenvalue weighted by molar-refractivity contribution is -0.961. The average molecular weight is 691 g/mol. The summed E-state index contributed by atoms with van der Waals surface area (Å²) in [5.74, 6) is 0.246. The number of rotatable bonds is 13. The number of fused-ring (bicyclic) bond motifs is 4. The Balaban J connectivity index is 0.910. The molecule has 0 aliphatic carbocycles. The molecule has 50 heavy (non-hydrogen) atoms. The van der Waals surface area contributed by atoms with Gasteiger partial charge in [0.15, 0.2) is 0 Å². The predicted octanol–water partition coefficient (Wildman–Crippen LogP) is 6.16. The average Bonchev–Trinajstić information content (AvgIpc) is 3.29. The highest BCUT2D eigenvalue weighted by atomic mass is 16.6. The van der Waals surface area contributed by atoms with E-state index in [4.69, 9.17) is 18.9 Å². The van der Waals surface area contributed by atoms with Gasteiger partial charge in [-0.05, 0) is 37.1 Å².